The van der Waals surface area contributed by atoms with E-state index in [2.05, 4.69) is 0 Å². The summed E-state index contributed by atoms with van der Waals surface area (Å²) in [6, 6.07) is 0. The summed E-state index contributed by atoms with van der Waals surface area (Å²) >= 11 is 0. The maximum absolute atomic E-state index is 8.55. The maximum Gasteiger partial charge on any atom is 0.0653 e. The Morgan fingerprint density at radius 2 is 0.889 bits per heavy atom. The summed E-state index contributed by atoms with van der Waals surface area (Å²) in [5, 5.41) is 34.2. The monoisotopic (exact) mass is 155 g/mol. The topological polar surface area (TPSA) is 80.9 Å². The molecule has 0 rings (SSSR count). The van der Waals surface area contributed by atoms with E-state index in [1.807, 2.05) is 0 Å². The molecule has 4 nitrogen and oxygen atoms in total. The number of hydrogen-bond acceptors (Lipinski definition) is 4. The van der Waals surface area contributed by atoms with E-state index < -0.39 is 7.26 Å². The molecular formula is C4H12O4P. The van der Waals surface area contributed by atoms with Gasteiger partial charge >= 0.3 is 0 Å². The first-order valence-electron chi connectivity index (χ1n) is 2.53. The van der Waals surface area contributed by atoms with Crippen LogP contribution in [0.25, 0.3) is 0 Å². The highest BCUT2D eigenvalue weighted by Gasteiger charge is 2.23. The Morgan fingerprint density at radius 3 is 0.889 bits per heavy atom. The van der Waals surface area contributed by atoms with Gasteiger partial charge in [0.1, 0.15) is 0 Å². The number of aliphatic hydroxyl groups is 4. The molecular weight excluding hydrogens is 143 g/mol. The minimum absolute atomic E-state index is 0.295. The van der Waals surface area contributed by atoms with Crippen molar-refractivity contribution in [1.82, 2.24) is 0 Å². The fourth-order valence-electron chi connectivity index (χ4n) is 0.268. The van der Waals surface area contributed by atoms with E-state index in [1.54, 1.807) is 0 Å². The lowest BCUT2D eigenvalue weighted by molar-refractivity contribution is 0.288. The lowest BCUT2D eigenvalue weighted by Gasteiger charge is -2.26. The van der Waals surface area contributed by atoms with Gasteiger partial charge in [0.15, 0.2) is 0 Å². The van der Waals surface area contributed by atoms with Gasteiger partial charge in [0.05, 0.1) is 25.4 Å². The van der Waals surface area contributed by atoms with Crippen LogP contribution in [-0.4, -0.2) is 45.8 Å². The molecule has 9 heavy (non-hydrogen) atoms. The molecule has 57 valence electrons. The van der Waals surface area contributed by atoms with Crippen LogP contribution in [0.3, 0.4) is 0 Å². The Balaban J connectivity index is 3.82. The van der Waals surface area contributed by atoms with Crippen LogP contribution in [0.5, 0.6) is 0 Å². The molecule has 0 saturated carbocycles. The van der Waals surface area contributed by atoms with E-state index in [0.717, 1.165) is 0 Å². The zero-order chi connectivity index (χ0) is 7.33. The summed E-state index contributed by atoms with van der Waals surface area (Å²) < 4.78 is 0. The first-order valence-corrected chi connectivity index (χ1v) is 5.06. The van der Waals surface area contributed by atoms with Gasteiger partial charge in [-0.05, 0) is 7.26 Å². The molecule has 0 spiro atoms. The zero-order valence-electron chi connectivity index (χ0n) is 5.06. The molecule has 5 heteroatoms. The third kappa shape index (κ3) is 2.16. The van der Waals surface area contributed by atoms with Crippen molar-refractivity contribution in [3.8, 4) is 0 Å². The summed E-state index contributed by atoms with van der Waals surface area (Å²) in [5.74, 6) is 0. The van der Waals surface area contributed by atoms with Crippen molar-refractivity contribution < 1.29 is 20.4 Å². The summed E-state index contributed by atoms with van der Waals surface area (Å²) in [4.78, 5) is 0. The highest BCUT2D eigenvalue weighted by atomic mass is 31.2. The van der Waals surface area contributed by atoms with E-state index >= 15 is 0 Å². The van der Waals surface area contributed by atoms with Gasteiger partial charge in [-0.2, -0.15) is 0 Å². The van der Waals surface area contributed by atoms with Crippen LogP contribution in [0.1, 0.15) is 0 Å². The second kappa shape index (κ2) is 4.14. The van der Waals surface area contributed by atoms with Crippen LogP contribution < -0.4 is 0 Å². The lowest BCUT2D eigenvalue weighted by Crippen LogP contribution is -2.10. The quantitative estimate of drug-likeness (QED) is 0.384. The Bertz CT molecular complexity index is 55.5. The minimum Gasteiger partial charge on any atom is -0.392 e. The van der Waals surface area contributed by atoms with Crippen molar-refractivity contribution in [3.63, 3.8) is 0 Å². The second-order valence-corrected chi connectivity index (χ2v) is 5.72. The van der Waals surface area contributed by atoms with E-state index in [9.17, 15) is 0 Å². The van der Waals surface area contributed by atoms with Crippen molar-refractivity contribution in [2.45, 2.75) is 0 Å². The SMILES string of the molecule is OC[P](CO)(CO)CO. The van der Waals surface area contributed by atoms with Crippen molar-refractivity contribution in [1.29, 1.82) is 0 Å². The number of hydrogen-bond donors (Lipinski definition) is 4. The minimum atomic E-state index is -2.20. The summed E-state index contributed by atoms with van der Waals surface area (Å²) in [7, 11) is -2.20. The maximum atomic E-state index is 8.55. The molecule has 0 amide bonds. The van der Waals surface area contributed by atoms with Gasteiger partial charge in [0.2, 0.25) is 0 Å². The van der Waals surface area contributed by atoms with Crippen LogP contribution in [0.4, 0.5) is 0 Å². The second-order valence-electron chi connectivity index (χ2n) is 1.91. The Kier molecular flexibility index (Phi) is 4.27. The molecule has 0 aromatic heterocycles. The molecule has 1 radical (unpaired) electrons. The highest BCUT2D eigenvalue weighted by molar-refractivity contribution is 7.75. The van der Waals surface area contributed by atoms with E-state index in [0.29, 0.717) is 0 Å². The predicted octanol–water partition coefficient (Wildman–Crippen LogP) is -1.20. The van der Waals surface area contributed by atoms with E-state index in [4.69, 9.17) is 20.4 Å². The smallest absolute Gasteiger partial charge is 0.0653 e. The molecule has 0 fully saturated rings. The summed E-state index contributed by atoms with van der Waals surface area (Å²) in [6.07, 6.45) is -1.18. The van der Waals surface area contributed by atoms with Crippen molar-refractivity contribution in [2.24, 2.45) is 0 Å². The fraction of sp³-hybridized carbons (Fsp3) is 1.00. The molecule has 0 aliphatic rings. The van der Waals surface area contributed by atoms with Gasteiger partial charge in [0.25, 0.3) is 0 Å². The Labute approximate surface area is 54.1 Å². The summed E-state index contributed by atoms with van der Waals surface area (Å²) in [6.45, 7) is 0. The number of aliphatic hydroxyl groups excluding tert-OH is 4. The molecule has 4 N–H and O–H groups in total. The van der Waals surface area contributed by atoms with Gasteiger partial charge in [-0.3, -0.25) is 0 Å². The summed E-state index contributed by atoms with van der Waals surface area (Å²) in [5.41, 5.74) is 0. The van der Waals surface area contributed by atoms with Gasteiger partial charge < -0.3 is 20.4 Å². The van der Waals surface area contributed by atoms with Crippen molar-refractivity contribution in [2.75, 3.05) is 25.4 Å². The highest BCUT2D eigenvalue weighted by Crippen LogP contribution is 2.54. The van der Waals surface area contributed by atoms with Gasteiger partial charge in [-0.1, -0.05) is 0 Å². The normalized spacial score (nSPS) is 12.0. The lowest BCUT2D eigenvalue weighted by atomic mass is 11.6. The molecule has 0 aliphatic heterocycles. The molecule has 0 aromatic carbocycles. The van der Waals surface area contributed by atoms with Gasteiger partial charge in [-0.15, -0.1) is 0 Å². The molecule has 0 bridgehead atoms. The number of rotatable bonds is 4. The zero-order valence-corrected chi connectivity index (χ0v) is 5.96. The van der Waals surface area contributed by atoms with E-state index in [1.165, 1.54) is 0 Å². The van der Waals surface area contributed by atoms with Crippen LogP contribution in [0, 0.1) is 0 Å². The van der Waals surface area contributed by atoms with Crippen molar-refractivity contribution in [3.05, 3.63) is 0 Å². The first-order chi connectivity index (χ1) is 4.24. The largest absolute Gasteiger partial charge is 0.392 e. The average Bonchev–Trinajstić information content (AvgIpc) is 1.95. The standard InChI is InChI=1S/C4H12O4P/c5-1-9(2-6,3-7)4-8/h5-8H,1-4H2. The molecule has 0 saturated heterocycles. The molecule has 0 atom stereocenters. The molecule has 0 unspecified atom stereocenters. The Hall–Kier alpha value is 0.270. The van der Waals surface area contributed by atoms with Crippen LogP contribution in [-0.2, 0) is 0 Å². The van der Waals surface area contributed by atoms with Crippen molar-refractivity contribution >= 4 is 7.26 Å². The molecule has 0 aliphatic carbocycles. The fourth-order valence-corrected chi connectivity index (χ4v) is 0.805. The average molecular weight is 155 g/mol. The van der Waals surface area contributed by atoms with Crippen LogP contribution in [0.2, 0.25) is 0 Å². The predicted molar refractivity (Wildman–Crippen MR) is 35.3 cm³/mol. The van der Waals surface area contributed by atoms with Gasteiger partial charge in [-0.25, -0.2) is 0 Å². The third-order valence-electron chi connectivity index (χ3n) is 1.20. The Morgan fingerprint density at radius 1 is 0.667 bits per heavy atom. The van der Waals surface area contributed by atoms with E-state index in [-0.39, 0.29) is 25.4 Å². The van der Waals surface area contributed by atoms with Gasteiger partial charge in [0, 0.05) is 0 Å². The third-order valence-corrected chi connectivity index (χ3v) is 3.60. The molecule has 0 aromatic rings. The van der Waals surface area contributed by atoms with Crippen LogP contribution in [0.15, 0.2) is 0 Å². The van der Waals surface area contributed by atoms with Crippen LogP contribution >= 0.6 is 7.26 Å². The molecule has 0 heterocycles. The first kappa shape index (κ1) is 9.27.